The minimum Gasteiger partial charge on any atom is -0.497 e. The van der Waals surface area contributed by atoms with Gasteiger partial charge in [-0.05, 0) is 43.0 Å². The summed E-state index contributed by atoms with van der Waals surface area (Å²) in [6.45, 7) is 3.46. The van der Waals surface area contributed by atoms with E-state index >= 15 is 0 Å². The number of hydrogen-bond donors (Lipinski definition) is 1. The summed E-state index contributed by atoms with van der Waals surface area (Å²) in [6.07, 6.45) is 2.62. The van der Waals surface area contributed by atoms with Crippen molar-refractivity contribution in [3.05, 3.63) is 29.8 Å². The molecule has 1 N–H and O–H groups in total. The van der Waals surface area contributed by atoms with Gasteiger partial charge in [0.25, 0.3) is 0 Å². The summed E-state index contributed by atoms with van der Waals surface area (Å²) in [6, 6.07) is 8.93. The fourth-order valence-corrected chi connectivity index (χ4v) is 2.31. The van der Waals surface area contributed by atoms with Crippen molar-refractivity contribution in [1.29, 1.82) is 0 Å². The summed E-state index contributed by atoms with van der Waals surface area (Å²) >= 11 is 0. The van der Waals surface area contributed by atoms with Crippen LogP contribution in [0, 0.1) is 5.92 Å². The van der Waals surface area contributed by atoms with E-state index in [0.717, 1.165) is 18.2 Å². The van der Waals surface area contributed by atoms with Crippen LogP contribution in [0.2, 0.25) is 0 Å². The maximum absolute atomic E-state index is 5.16. The van der Waals surface area contributed by atoms with Gasteiger partial charge in [-0.3, -0.25) is 0 Å². The van der Waals surface area contributed by atoms with Gasteiger partial charge in [-0.25, -0.2) is 0 Å². The Bertz CT molecular complexity index is 307. The number of piperidine rings is 1. The number of methoxy groups -OCH3 is 1. The van der Waals surface area contributed by atoms with Crippen LogP contribution in [0.5, 0.6) is 5.75 Å². The van der Waals surface area contributed by atoms with Crippen molar-refractivity contribution in [1.82, 2.24) is 5.32 Å². The van der Waals surface area contributed by atoms with Crippen LogP contribution < -0.4 is 10.1 Å². The Morgan fingerprint density at radius 3 is 2.60 bits per heavy atom. The van der Waals surface area contributed by atoms with E-state index in [0.29, 0.717) is 6.04 Å². The lowest BCUT2D eigenvalue weighted by Gasteiger charge is -2.30. The largest absolute Gasteiger partial charge is 0.497 e. The summed E-state index contributed by atoms with van der Waals surface area (Å²) in [5, 5.41) is 3.58. The highest BCUT2D eigenvalue weighted by Gasteiger charge is 2.21. The third kappa shape index (κ3) is 2.32. The Kier molecular flexibility index (Phi) is 3.27. The molecule has 2 unspecified atom stereocenters. The molecule has 2 nitrogen and oxygen atoms in total. The highest BCUT2D eigenvalue weighted by molar-refractivity contribution is 5.29. The molecule has 2 heteroatoms. The van der Waals surface area contributed by atoms with Crippen LogP contribution in [0.25, 0.3) is 0 Å². The molecule has 82 valence electrons. The van der Waals surface area contributed by atoms with E-state index in [-0.39, 0.29) is 0 Å². The molecule has 0 bridgehead atoms. The third-order valence-corrected chi connectivity index (χ3v) is 3.24. The molecule has 0 spiro atoms. The second-order valence-electron chi connectivity index (χ2n) is 4.32. The van der Waals surface area contributed by atoms with Gasteiger partial charge in [0.05, 0.1) is 7.11 Å². The Morgan fingerprint density at radius 2 is 2.00 bits per heavy atom. The third-order valence-electron chi connectivity index (χ3n) is 3.24. The predicted octanol–water partition coefficient (Wildman–Crippen LogP) is 2.76. The van der Waals surface area contributed by atoms with E-state index in [1.54, 1.807) is 7.11 Å². The molecule has 1 saturated heterocycles. The maximum atomic E-state index is 5.16. The Balaban J connectivity index is 2.13. The second-order valence-corrected chi connectivity index (χ2v) is 4.32. The zero-order valence-corrected chi connectivity index (χ0v) is 9.49. The molecule has 2 rings (SSSR count). The summed E-state index contributed by atoms with van der Waals surface area (Å²) in [5.74, 6) is 1.66. The fraction of sp³-hybridized carbons (Fsp3) is 0.538. The number of hydrogen-bond acceptors (Lipinski definition) is 2. The topological polar surface area (TPSA) is 21.3 Å². The summed E-state index contributed by atoms with van der Waals surface area (Å²) < 4.78 is 5.16. The van der Waals surface area contributed by atoms with Gasteiger partial charge in [-0.15, -0.1) is 0 Å². The van der Waals surface area contributed by atoms with Gasteiger partial charge in [-0.1, -0.05) is 19.1 Å². The average Bonchev–Trinajstić information content (AvgIpc) is 2.30. The molecule has 1 aromatic rings. The molecule has 1 aromatic carbocycles. The van der Waals surface area contributed by atoms with E-state index in [2.05, 4.69) is 24.4 Å². The van der Waals surface area contributed by atoms with Gasteiger partial charge in [0.2, 0.25) is 0 Å². The molecular weight excluding hydrogens is 186 g/mol. The summed E-state index contributed by atoms with van der Waals surface area (Å²) in [5.41, 5.74) is 1.38. The van der Waals surface area contributed by atoms with Crippen molar-refractivity contribution in [2.75, 3.05) is 13.7 Å². The van der Waals surface area contributed by atoms with Crippen molar-refractivity contribution in [2.24, 2.45) is 5.92 Å². The molecule has 1 fully saturated rings. The van der Waals surface area contributed by atoms with Gasteiger partial charge >= 0.3 is 0 Å². The molecular formula is C13H19NO. The molecule has 1 aliphatic heterocycles. The Labute approximate surface area is 91.6 Å². The molecule has 2 atom stereocenters. The number of rotatable bonds is 2. The van der Waals surface area contributed by atoms with Crippen molar-refractivity contribution in [3.63, 3.8) is 0 Å². The molecule has 1 aliphatic rings. The van der Waals surface area contributed by atoms with Gasteiger partial charge in [0.15, 0.2) is 0 Å². The van der Waals surface area contributed by atoms with Crippen LogP contribution in [0.4, 0.5) is 0 Å². The van der Waals surface area contributed by atoms with Crippen molar-refractivity contribution in [3.8, 4) is 5.75 Å². The Hall–Kier alpha value is -1.02. The Morgan fingerprint density at radius 1 is 1.27 bits per heavy atom. The van der Waals surface area contributed by atoms with Crippen molar-refractivity contribution >= 4 is 0 Å². The molecule has 0 amide bonds. The quantitative estimate of drug-likeness (QED) is 0.801. The van der Waals surface area contributed by atoms with Gasteiger partial charge in [0.1, 0.15) is 5.75 Å². The lowest BCUT2D eigenvalue weighted by atomic mass is 9.88. The highest BCUT2D eigenvalue weighted by atomic mass is 16.5. The first-order valence-electron chi connectivity index (χ1n) is 5.68. The molecule has 1 heterocycles. The first kappa shape index (κ1) is 10.5. The minimum absolute atomic E-state index is 0.518. The van der Waals surface area contributed by atoms with Crippen LogP contribution in [0.1, 0.15) is 31.4 Å². The van der Waals surface area contributed by atoms with Crippen molar-refractivity contribution < 1.29 is 4.74 Å². The van der Waals surface area contributed by atoms with Gasteiger partial charge in [-0.2, -0.15) is 0 Å². The number of ether oxygens (including phenoxy) is 1. The molecule has 0 saturated carbocycles. The van der Waals surface area contributed by atoms with E-state index in [4.69, 9.17) is 4.74 Å². The van der Waals surface area contributed by atoms with Crippen molar-refractivity contribution in [2.45, 2.75) is 25.8 Å². The fourth-order valence-electron chi connectivity index (χ4n) is 2.31. The van der Waals surface area contributed by atoms with Gasteiger partial charge < -0.3 is 10.1 Å². The van der Waals surface area contributed by atoms with Crippen LogP contribution in [0.3, 0.4) is 0 Å². The normalized spacial score (nSPS) is 26.3. The van der Waals surface area contributed by atoms with Crippen LogP contribution >= 0.6 is 0 Å². The van der Waals surface area contributed by atoms with E-state index < -0.39 is 0 Å². The van der Waals surface area contributed by atoms with Crippen LogP contribution in [-0.4, -0.2) is 13.7 Å². The number of nitrogens with one attached hydrogen (secondary N) is 1. The highest BCUT2D eigenvalue weighted by Crippen LogP contribution is 2.29. The molecule has 15 heavy (non-hydrogen) atoms. The number of benzene rings is 1. The standard InChI is InChI=1S/C13H19NO/c1-10-4-3-9-14-13(10)11-5-7-12(15-2)8-6-11/h5-8,10,13-14H,3-4,9H2,1-2H3. The first-order valence-corrected chi connectivity index (χ1v) is 5.68. The SMILES string of the molecule is COc1ccc(C2NCCCC2C)cc1. The lowest BCUT2D eigenvalue weighted by Crippen LogP contribution is -2.32. The molecule has 0 aliphatic carbocycles. The first-order chi connectivity index (χ1) is 7.31. The summed E-state index contributed by atoms with van der Waals surface area (Å²) in [7, 11) is 1.70. The zero-order valence-electron chi connectivity index (χ0n) is 9.49. The average molecular weight is 205 g/mol. The molecule has 0 aromatic heterocycles. The zero-order chi connectivity index (χ0) is 10.7. The molecule has 0 radical (unpaired) electrons. The predicted molar refractivity (Wildman–Crippen MR) is 62.1 cm³/mol. The second kappa shape index (κ2) is 4.67. The summed E-state index contributed by atoms with van der Waals surface area (Å²) in [4.78, 5) is 0. The van der Waals surface area contributed by atoms with Crippen LogP contribution in [-0.2, 0) is 0 Å². The minimum atomic E-state index is 0.518. The lowest BCUT2D eigenvalue weighted by molar-refractivity contribution is 0.305. The smallest absolute Gasteiger partial charge is 0.118 e. The maximum Gasteiger partial charge on any atom is 0.118 e. The van der Waals surface area contributed by atoms with E-state index in [9.17, 15) is 0 Å². The van der Waals surface area contributed by atoms with E-state index in [1.807, 2.05) is 12.1 Å². The van der Waals surface area contributed by atoms with E-state index in [1.165, 1.54) is 18.4 Å². The van der Waals surface area contributed by atoms with Gasteiger partial charge in [0, 0.05) is 6.04 Å². The monoisotopic (exact) mass is 205 g/mol. The van der Waals surface area contributed by atoms with Crippen LogP contribution in [0.15, 0.2) is 24.3 Å².